The van der Waals surface area contributed by atoms with Crippen molar-refractivity contribution in [2.75, 3.05) is 12.3 Å². The van der Waals surface area contributed by atoms with E-state index in [4.69, 9.17) is 0 Å². The Morgan fingerprint density at radius 2 is 1.58 bits per heavy atom. The number of benzene rings is 2. The predicted octanol–water partition coefficient (Wildman–Crippen LogP) is 4.52. The highest BCUT2D eigenvalue weighted by atomic mass is 32.2. The van der Waals surface area contributed by atoms with Crippen molar-refractivity contribution in [2.24, 2.45) is 0 Å². The highest BCUT2D eigenvalue weighted by molar-refractivity contribution is 7.91. The molecular formula is C24H27N3O5S. The number of amides is 3. The van der Waals surface area contributed by atoms with E-state index in [2.05, 4.69) is 0 Å². The minimum absolute atomic E-state index is 0.0497. The van der Waals surface area contributed by atoms with Gasteiger partial charge in [0, 0.05) is 12.6 Å². The number of rotatable bonds is 7. The fourth-order valence-corrected chi connectivity index (χ4v) is 4.89. The summed E-state index contributed by atoms with van der Waals surface area (Å²) in [5, 5.41) is 18.9. The van der Waals surface area contributed by atoms with Crippen molar-refractivity contribution in [3.63, 3.8) is 0 Å². The highest BCUT2D eigenvalue weighted by Crippen LogP contribution is 2.25. The summed E-state index contributed by atoms with van der Waals surface area (Å²) in [5.74, 6) is 0.0497. The molecule has 0 bridgehead atoms. The summed E-state index contributed by atoms with van der Waals surface area (Å²) in [7, 11) is -3.24. The molecule has 8 nitrogen and oxygen atoms in total. The van der Waals surface area contributed by atoms with E-state index in [9.17, 15) is 28.4 Å². The number of hydrogen-bond donors (Lipinski definition) is 1. The van der Waals surface area contributed by atoms with Crippen LogP contribution in [0.5, 0.6) is 0 Å². The van der Waals surface area contributed by atoms with Crippen LogP contribution in [0.4, 0.5) is 9.59 Å². The molecule has 2 aromatic rings. The zero-order valence-corrected chi connectivity index (χ0v) is 19.3. The summed E-state index contributed by atoms with van der Waals surface area (Å²) >= 11 is 0. The minimum Gasteiger partial charge on any atom is -0.465 e. The van der Waals surface area contributed by atoms with Crippen molar-refractivity contribution < 1.29 is 23.1 Å². The molecule has 0 aromatic heterocycles. The lowest BCUT2D eigenvalue weighted by Gasteiger charge is -2.27. The lowest BCUT2D eigenvalue weighted by Crippen LogP contribution is -2.49. The van der Waals surface area contributed by atoms with Crippen molar-refractivity contribution >= 4 is 22.0 Å². The number of carbonyl (C=O) groups is 2. The second-order valence-electron chi connectivity index (χ2n) is 8.00. The van der Waals surface area contributed by atoms with E-state index < -0.39 is 22.0 Å². The average molecular weight is 470 g/mol. The quantitative estimate of drug-likeness (QED) is 0.470. The molecule has 174 valence electrons. The molecule has 0 radical (unpaired) electrons. The maximum atomic E-state index is 12.7. The second-order valence-corrected chi connectivity index (χ2v) is 10.3. The van der Waals surface area contributed by atoms with Gasteiger partial charge in [-0.05, 0) is 48.1 Å². The number of hydrogen-bond acceptors (Lipinski definition) is 5. The van der Waals surface area contributed by atoms with Crippen LogP contribution in [0.25, 0.3) is 11.1 Å². The third kappa shape index (κ3) is 5.71. The molecule has 9 heteroatoms. The molecule has 1 aliphatic carbocycles. The molecule has 0 heterocycles. The van der Waals surface area contributed by atoms with Crippen LogP contribution in [-0.2, 0) is 16.3 Å². The van der Waals surface area contributed by atoms with E-state index in [1.165, 1.54) is 0 Å². The molecule has 0 aliphatic heterocycles. The molecule has 33 heavy (non-hydrogen) atoms. The van der Waals surface area contributed by atoms with Gasteiger partial charge in [-0.3, -0.25) is 0 Å². The molecule has 1 aliphatic rings. The Balaban J connectivity index is 1.65. The monoisotopic (exact) mass is 469 g/mol. The first-order valence-electron chi connectivity index (χ1n) is 10.9. The zero-order chi connectivity index (χ0) is 24.0. The molecule has 2 aromatic carbocycles. The van der Waals surface area contributed by atoms with Crippen LogP contribution in [0, 0.1) is 11.5 Å². The van der Waals surface area contributed by atoms with Crippen LogP contribution in [0.15, 0.2) is 53.4 Å². The molecule has 0 saturated heterocycles. The summed E-state index contributed by atoms with van der Waals surface area (Å²) in [4.78, 5) is 26.3. The van der Waals surface area contributed by atoms with Gasteiger partial charge < -0.3 is 5.11 Å². The first-order chi connectivity index (χ1) is 15.8. The highest BCUT2D eigenvalue weighted by Gasteiger charge is 2.34. The lowest BCUT2D eigenvalue weighted by molar-refractivity contribution is 0.121. The minimum atomic E-state index is -3.24. The fourth-order valence-electron chi connectivity index (χ4n) is 4.00. The number of nitriles is 1. The van der Waals surface area contributed by atoms with E-state index in [1.807, 2.05) is 30.5 Å². The van der Waals surface area contributed by atoms with Crippen LogP contribution in [0.1, 0.15) is 38.2 Å². The normalized spacial score (nSPS) is 13.9. The van der Waals surface area contributed by atoms with Crippen LogP contribution in [0.3, 0.4) is 0 Å². The van der Waals surface area contributed by atoms with Gasteiger partial charge in [-0.15, -0.1) is 0 Å². The van der Waals surface area contributed by atoms with E-state index >= 15 is 0 Å². The number of carbonyl (C=O) groups excluding carboxylic acids is 1. The molecule has 1 saturated carbocycles. The van der Waals surface area contributed by atoms with Crippen LogP contribution >= 0.6 is 0 Å². The molecule has 1 N–H and O–H groups in total. The van der Waals surface area contributed by atoms with Gasteiger partial charge in [0.2, 0.25) is 0 Å². The average Bonchev–Trinajstić information content (AvgIpc) is 3.34. The molecule has 3 rings (SSSR count). The number of urea groups is 1. The van der Waals surface area contributed by atoms with Crippen LogP contribution < -0.4 is 0 Å². The van der Waals surface area contributed by atoms with Gasteiger partial charge in [-0.2, -0.15) is 5.26 Å². The Bertz CT molecular complexity index is 1130. The van der Waals surface area contributed by atoms with Crippen molar-refractivity contribution in [2.45, 2.75) is 50.0 Å². The Labute approximate surface area is 194 Å². The smallest absolute Gasteiger partial charge is 0.415 e. The SMILES string of the molecule is CCS(=O)(=O)c1ccc(-c2ccc(CCN(C#N)C(=O)N(C(=O)O)C3CCCC3)cc2)cc1. The Kier molecular flexibility index (Phi) is 7.71. The van der Waals surface area contributed by atoms with Gasteiger partial charge in [0.25, 0.3) is 0 Å². The third-order valence-electron chi connectivity index (χ3n) is 5.96. The summed E-state index contributed by atoms with van der Waals surface area (Å²) in [6.45, 7) is 1.69. The van der Waals surface area contributed by atoms with Crippen LogP contribution in [0.2, 0.25) is 0 Å². The van der Waals surface area contributed by atoms with Gasteiger partial charge in [-0.25, -0.2) is 27.8 Å². The first-order valence-corrected chi connectivity index (χ1v) is 12.6. The molecule has 1 fully saturated rings. The van der Waals surface area contributed by atoms with Crippen LogP contribution in [-0.4, -0.2) is 53.8 Å². The fraction of sp³-hybridized carbons (Fsp3) is 0.375. The van der Waals surface area contributed by atoms with Gasteiger partial charge in [0.1, 0.15) is 0 Å². The van der Waals surface area contributed by atoms with Crippen molar-refractivity contribution in [1.29, 1.82) is 5.26 Å². The maximum absolute atomic E-state index is 12.7. The second kappa shape index (κ2) is 10.5. The number of imide groups is 1. The van der Waals surface area contributed by atoms with E-state index in [1.54, 1.807) is 31.2 Å². The summed E-state index contributed by atoms with van der Waals surface area (Å²) in [6.07, 6.45) is 3.89. The van der Waals surface area contributed by atoms with Crippen molar-refractivity contribution in [3.05, 3.63) is 54.1 Å². The van der Waals surface area contributed by atoms with Gasteiger partial charge in [-0.1, -0.05) is 56.2 Å². The van der Waals surface area contributed by atoms with E-state index in [-0.39, 0.29) is 18.3 Å². The number of carboxylic acid groups (broad SMARTS) is 1. The molecule has 0 unspecified atom stereocenters. The Morgan fingerprint density at radius 3 is 2.06 bits per heavy atom. The third-order valence-corrected chi connectivity index (χ3v) is 7.71. The summed E-state index contributed by atoms with van der Waals surface area (Å²) in [6, 6.07) is 13.1. The Hall–Kier alpha value is -3.38. The number of sulfone groups is 1. The van der Waals surface area contributed by atoms with Gasteiger partial charge in [0.05, 0.1) is 10.6 Å². The lowest BCUT2D eigenvalue weighted by atomic mass is 10.0. The predicted molar refractivity (Wildman–Crippen MR) is 123 cm³/mol. The van der Waals surface area contributed by atoms with E-state index in [0.29, 0.717) is 24.2 Å². The summed E-state index contributed by atoms with van der Waals surface area (Å²) in [5.41, 5.74) is 2.67. The first kappa shape index (κ1) is 24.3. The molecular weight excluding hydrogens is 442 g/mol. The zero-order valence-electron chi connectivity index (χ0n) is 18.5. The van der Waals surface area contributed by atoms with Crippen molar-refractivity contribution in [3.8, 4) is 17.3 Å². The standard InChI is InChI=1S/C24H27N3O5S/c1-2-33(31,32)22-13-11-20(12-14-22)19-9-7-18(8-10-19)15-16-26(17-25)23(28)27(24(29)30)21-5-3-4-6-21/h7-14,21H,2-6,15-16H2,1H3,(H,29,30). The van der Waals surface area contributed by atoms with E-state index in [0.717, 1.165) is 39.3 Å². The summed E-state index contributed by atoms with van der Waals surface area (Å²) < 4.78 is 23.9. The maximum Gasteiger partial charge on any atom is 0.415 e. The van der Waals surface area contributed by atoms with Gasteiger partial charge >= 0.3 is 12.1 Å². The van der Waals surface area contributed by atoms with Crippen molar-refractivity contribution in [1.82, 2.24) is 9.80 Å². The molecule has 3 amide bonds. The molecule has 0 spiro atoms. The van der Waals surface area contributed by atoms with Gasteiger partial charge in [0.15, 0.2) is 16.0 Å². The molecule has 0 atom stereocenters. The number of nitrogens with zero attached hydrogens (tertiary/aromatic N) is 3. The Morgan fingerprint density at radius 1 is 1.03 bits per heavy atom. The topological polar surface area (TPSA) is 119 Å². The largest absolute Gasteiger partial charge is 0.465 e.